The van der Waals surface area contributed by atoms with Crippen molar-refractivity contribution in [3.8, 4) is 0 Å². The summed E-state index contributed by atoms with van der Waals surface area (Å²) in [6.45, 7) is 9.31. The molecule has 4 aliphatic rings. The number of carbonyl (C=O) groups excluding carboxylic acids is 1. The molecule has 0 unspecified atom stereocenters. The van der Waals surface area contributed by atoms with Gasteiger partial charge in [-0.2, -0.15) is 0 Å². The maximum Gasteiger partial charge on any atom is 0.136 e. The largest absolute Gasteiger partial charge is 0.389 e. The topological polar surface area (TPSA) is 37.3 Å². The van der Waals surface area contributed by atoms with Crippen molar-refractivity contribution in [3.05, 3.63) is 0 Å². The lowest BCUT2D eigenvalue weighted by Crippen LogP contribution is -2.57. The van der Waals surface area contributed by atoms with E-state index in [0.29, 0.717) is 23.0 Å². The number of hydrogen-bond donors (Lipinski definition) is 1. The molecule has 1 N–H and O–H groups in total. The zero-order valence-corrected chi connectivity index (χ0v) is 16.8. The zero-order valence-electron chi connectivity index (χ0n) is 16.8. The molecule has 2 heteroatoms. The third-order valence-electron chi connectivity index (χ3n) is 9.79. The van der Waals surface area contributed by atoms with Gasteiger partial charge in [-0.05, 0) is 85.9 Å². The minimum atomic E-state index is -0.426. The Kier molecular flexibility index (Phi) is 4.19. The van der Waals surface area contributed by atoms with Crippen LogP contribution in [0.4, 0.5) is 0 Å². The molecule has 0 aromatic rings. The van der Waals surface area contributed by atoms with E-state index in [0.717, 1.165) is 43.9 Å². The molecule has 0 aliphatic heterocycles. The Morgan fingerprint density at radius 2 is 1.80 bits per heavy atom. The monoisotopic (exact) mass is 346 g/mol. The molecule has 142 valence electrons. The lowest BCUT2D eigenvalue weighted by atomic mass is 9.43. The first kappa shape index (κ1) is 18.0. The first-order valence-corrected chi connectivity index (χ1v) is 11.0. The highest BCUT2D eigenvalue weighted by Crippen LogP contribution is 2.68. The number of ketones is 1. The highest BCUT2D eigenvalue weighted by Gasteiger charge is 2.64. The Balaban J connectivity index is 1.63. The summed E-state index contributed by atoms with van der Waals surface area (Å²) in [4.78, 5) is 12.3. The van der Waals surface area contributed by atoms with E-state index in [1.54, 1.807) is 0 Å². The van der Waals surface area contributed by atoms with Crippen LogP contribution in [-0.4, -0.2) is 16.5 Å². The Labute approximate surface area is 154 Å². The molecule has 0 aromatic carbocycles. The fraction of sp³-hybridized carbons (Fsp3) is 0.957. The Hall–Kier alpha value is -0.370. The summed E-state index contributed by atoms with van der Waals surface area (Å²) in [6, 6.07) is 0. The van der Waals surface area contributed by atoms with Crippen LogP contribution in [0.25, 0.3) is 0 Å². The van der Waals surface area contributed by atoms with Crippen LogP contribution in [0.15, 0.2) is 0 Å². The van der Waals surface area contributed by atoms with Crippen LogP contribution < -0.4 is 0 Å². The van der Waals surface area contributed by atoms with Crippen LogP contribution in [0.3, 0.4) is 0 Å². The van der Waals surface area contributed by atoms with Gasteiger partial charge in [-0.3, -0.25) is 4.79 Å². The fourth-order valence-electron chi connectivity index (χ4n) is 8.34. The molecular weight excluding hydrogens is 308 g/mol. The molecule has 0 bridgehead atoms. The number of aliphatic hydroxyl groups is 1. The molecule has 25 heavy (non-hydrogen) atoms. The Morgan fingerprint density at radius 1 is 1.08 bits per heavy atom. The van der Waals surface area contributed by atoms with Gasteiger partial charge in [0.05, 0.1) is 5.60 Å². The molecule has 0 saturated heterocycles. The number of fused-ring (bicyclic) bond motifs is 5. The first-order valence-electron chi connectivity index (χ1n) is 11.0. The minimum absolute atomic E-state index is 0.128. The molecule has 0 amide bonds. The van der Waals surface area contributed by atoms with E-state index < -0.39 is 5.60 Å². The van der Waals surface area contributed by atoms with E-state index >= 15 is 0 Å². The number of carbonyl (C=O) groups is 1. The quantitative estimate of drug-likeness (QED) is 0.729. The van der Waals surface area contributed by atoms with Gasteiger partial charge in [-0.1, -0.05) is 34.1 Å². The Morgan fingerprint density at radius 3 is 2.52 bits per heavy atom. The van der Waals surface area contributed by atoms with Crippen LogP contribution >= 0.6 is 0 Å². The van der Waals surface area contributed by atoms with E-state index in [1.165, 1.54) is 32.1 Å². The molecule has 0 spiro atoms. The van der Waals surface area contributed by atoms with Crippen molar-refractivity contribution in [1.82, 2.24) is 0 Å². The SMILES string of the molecule is CCC[C@]1(O)CC[C@@H]2[C@@H]3CC[C@@H]4CC(=O)[C@H](C)C[C@]4(C)[C@@H]3CC[C@@]21C. The van der Waals surface area contributed by atoms with Gasteiger partial charge in [-0.15, -0.1) is 0 Å². The van der Waals surface area contributed by atoms with Gasteiger partial charge in [0.1, 0.15) is 5.78 Å². The van der Waals surface area contributed by atoms with Gasteiger partial charge < -0.3 is 5.11 Å². The lowest BCUT2D eigenvalue weighted by Gasteiger charge is -2.61. The van der Waals surface area contributed by atoms with Crippen molar-refractivity contribution in [2.45, 2.75) is 97.5 Å². The van der Waals surface area contributed by atoms with Crippen LogP contribution in [0.5, 0.6) is 0 Å². The molecule has 2 nitrogen and oxygen atoms in total. The highest BCUT2D eigenvalue weighted by molar-refractivity contribution is 5.82. The maximum atomic E-state index is 12.3. The van der Waals surface area contributed by atoms with Gasteiger partial charge in [0.15, 0.2) is 0 Å². The molecule has 8 atom stereocenters. The van der Waals surface area contributed by atoms with Crippen molar-refractivity contribution in [2.75, 3.05) is 0 Å². The average Bonchev–Trinajstić information content (AvgIpc) is 2.81. The second-order valence-electron chi connectivity index (χ2n) is 10.7. The summed E-state index contributed by atoms with van der Waals surface area (Å²) >= 11 is 0. The molecular formula is C23H38O2. The molecule has 0 aromatic heterocycles. The second kappa shape index (κ2) is 5.81. The van der Waals surface area contributed by atoms with E-state index in [4.69, 9.17) is 0 Å². The third kappa shape index (κ3) is 2.35. The summed E-state index contributed by atoms with van der Waals surface area (Å²) in [6.07, 6.45) is 11.3. The molecule has 4 fully saturated rings. The van der Waals surface area contributed by atoms with Crippen LogP contribution in [0.1, 0.15) is 91.9 Å². The minimum Gasteiger partial charge on any atom is -0.389 e. The van der Waals surface area contributed by atoms with Gasteiger partial charge in [0.25, 0.3) is 0 Å². The standard InChI is InChI=1S/C23H38O2/c1-5-10-23(25)12-9-19-17-7-6-16-13-20(24)15(2)14-21(16,3)18(17)8-11-22(19,23)4/h15-19,25H,5-14H2,1-4H3/t15-,16-,17-,18-,19-,21+,22+,23+/m1/s1. The summed E-state index contributed by atoms with van der Waals surface area (Å²) in [5, 5.41) is 11.5. The van der Waals surface area contributed by atoms with Crippen LogP contribution in [-0.2, 0) is 4.79 Å². The third-order valence-corrected chi connectivity index (χ3v) is 9.79. The summed E-state index contributed by atoms with van der Waals surface area (Å²) in [5.41, 5.74) is 0.0669. The van der Waals surface area contributed by atoms with E-state index in [1.807, 2.05) is 0 Å². The number of rotatable bonds is 2. The summed E-state index contributed by atoms with van der Waals surface area (Å²) in [7, 11) is 0. The van der Waals surface area contributed by atoms with Crippen molar-refractivity contribution in [2.24, 2.45) is 40.4 Å². The predicted octanol–water partition coefficient (Wildman–Crippen LogP) is 5.38. The van der Waals surface area contributed by atoms with Gasteiger partial charge in [0.2, 0.25) is 0 Å². The highest BCUT2D eigenvalue weighted by atomic mass is 16.3. The molecule has 4 saturated carbocycles. The van der Waals surface area contributed by atoms with Crippen molar-refractivity contribution in [1.29, 1.82) is 0 Å². The smallest absolute Gasteiger partial charge is 0.136 e. The fourth-order valence-corrected chi connectivity index (χ4v) is 8.34. The van der Waals surface area contributed by atoms with E-state index in [9.17, 15) is 9.90 Å². The van der Waals surface area contributed by atoms with Crippen molar-refractivity contribution in [3.63, 3.8) is 0 Å². The zero-order chi connectivity index (χ0) is 18.0. The van der Waals surface area contributed by atoms with Crippen LogP contribution in [0.2, 0.25) is 0 Å². The van der Waals surface area contributed by atoms with Crippen LogP contribution in [0, 0.1) is 40.4 Å². The first-order chi connectivity index (χ1) is 11.7. The predicted molar refractivity (Wildman–Crippen MR) is 101 cm³/mol. The number of hydrogen-bond acceptors (Lipinski definition) is 2. The Bertz CT molecular complexity index is 556. The number of Topliss-reactive ketones (excluding diaryl/α,β-unsaturated/α-hetero) is 1. The van der Waals surface area contributed by atoms with Gasteiger partial charge in [-0.25, -0.2) is 0 Å². The maximum absolute atomic E-state index is 12.3. The van der Waals surface area contributed by atoms with E-state index in [2.05, 4.69) is 27.7 Å². The lowest BCUT2D eigenvalue weighted by molar-refractivity contribution is -0.162. The van der Waals surface area contributed by atoms with Crippen molar-refractivity contribution < 1.29 is 9.90 Å². The molecule has 4 rings (SSSR count). The second-order valence-corrected chi connectivity index (χ2v) is 10.7. The van der Waals surface area contributed by atoms with Gasteiger partial charge >= 0.3 is 0 Å². The van der Waals surface area contributed by atoms with Gasteiger partial charge in [0, 0.05) is 12.3 Å². The molecule has 0 heterocycles. The molecule has 0 radical (unpaired) electrons. The van der Waals surface area contributed by atoms with E-state index in [-0.39, 0.29) is 11.3 Å². The van der Waals surface area contributed by atoms with Crippen molar-refractivity contribution >= 4 is 5.78 Å². The summed E-state index contributed by atoms with van der Waals surface area (Å²) < 4.78 is 0. The average molecular weight is 347 g/mol. The molecule has 4 aliphatic carbocycles. The normalized spacial score (nSPS) is 55.4. The summed E-state index contributed by atoms with van der Waals surface area (Å²) in [5.74, 6) is 3.66.